The van der Waals surface area contributed by atoms with Crippen molar-refractivity contribution in [2.45, 2.75) is 45.3 Å². The van der Waals surface area contributed by atoms with Gasteiger partial charge < -0.3 is 15.0 Å². The van der Waals surface area contributed by atoms with Crippen LogP contribution in [0.5, 0.6) is 0 Å². The number of nitrogens with zero attached hydrogens (tertiary/aromatic N) is 3. The minimum Gasteiger partial charge on any atom is -0.447 e. The average Bonchev–Trinajstić information content (AvgIpc) is 3.04. The maximum atomic E-state index is 11.9. The van der Waals surface area contributed by atoms with E-state index in [4.69, 9.17) is 16.3 Å². The Morgan fingerprint density at radius 3 is 2.65 bits per heavy atom. The van der Waals surface area contributed by atoms with E-state index in [-0.39, 0.29) is 12.2 Å². The van der Waals surface area contributed by atoms with Crippen molar-refractivity contribution in [2.24, 2.45) is 0 Å². The van der Waals surface area contributed by atoms with E-state index >= 15 is 0 Å². The Bertz CT molecular complexity index is 727. The lowest BCUT2D eigenvalue weighted by Gasteiger charge is -2.32. The van der Waals surface area contributed by atoms with Crippen LogP contribution in [0.2, 0.25) is 5.02 Å². The highest BCUT2D eigenvalue weighted by Crippen LogP contribution is 2.23. The second-order valence-corrected chi connectivity index (χ2v) is 8.14. The van der Waals surface area contributed by atoms with E-state index in [9.17, 15) is 4.79 Å². The summed E-state index contributed by atoms with van der Waals surface area (Å²) < 4.78 is 5.25. The van der Waals surface area contributed by atoms with Gasteiger partial charge in [-0.1, -0.05) is 35.1 Å². The molecule has 26 heavy (non-hydrogen) atoms. The number of aromatic nitrogens is 2. The quantitative estimate of drug-likeness (QED) is 0.822. The minimum absolute atomic E-state index is 0.0844. The Hall–Kier alpha value is -1.86. The molecule has 1 N–H and O–H groups in total. The van der Waals surface area contributed by atoms with Crippen molar-refractivity contribution in [2.75, 3.05) is 18.4 Å². The van der Waals surface area contributed by atoms with E-state index in [0.29, 0.717) is 19.1 Å². The predicted octanol–water partition coefficient (Wildman–Crippen LogP) is 4.20. The zero-order valence-electron chi connectivity index (χ0n) is 14.9. The molecule has 0 spiro atoms. The molecule has 0 bridgehead atoms. The molecule has 0 radical (unpaired) electrons. The number of likely N-dealkylation sites (tertiary alicyclic amines) is 1. The van der Waals surface area contributed by atoms with Crippen molar-refractivity contribution < 1.29 is 9.53 Å². The smallest absolute Gasteiger partial charge is 0.410 e. The van der Waals surface area contributed by atoms with Crippen LogP contribution in [0.25, 0.3) is 0 Å². The zero-order chi connectivity index (χ0) is 18.5. The second kappa shape index (κ2) is 8.68. The first-order valence-electron chi connectivity index (χ1n) is 8.78. The number of piperidine rings is 1. The Balaban J connectivity index is 1.48. The molecule has 0 unspecified atom stereocenters. The van der Waals surface area contributed by atoms with Gasteiger partial charge in [0.25, 0.3) is 0 Å². The summed E-state index contributed by atoms with van der Waals surface area (Å²) in [5.74, 6) is 0. The monoisotopic (exact) mass is 394 g/mol. The molecule has 1 amide bonds. The van der Waals surface area contributed by atoms with Crippen LogP contribution in [-0.2, 0) is 11.2 Å². The number of amides is 1. The molecule has 0 saturated carbocycles. The standard InChI is InChI=1S/C18H23ClN4O2S/c1-12(2)25-18(24)23-9-7-15(8-10-23)20-17-22-21-16(26-17)11-13-3-5-14(19)6-4-13/h3-6,12,15H,7-11H2,1-2H3,(H,20,22). The number of rotatable bonds is 5. The first-order valence-corrected chi connectivity index (χ1v) is 9.98. The van der Waals surface area contributed by atoms with Gasteiger partial charge in [-0.05, 0) is 44.4 Å². The molecule has 6 nitrogen and oxygen atoms in total. The van der Waals surface area contributed by atoms with Gasteiger partial charge in [0, 0.05) is 30.6 Å². The molecular weight excluding hydrogens is 372 g/mol. The number of ether oxygens (including phenoxy) is 1. The maximum Gasteiger partial charge on any atom is 0.410 e. The van der Waals surface area contributed by atoms with Gasteiger partial charge in [-0.25, -0.2) is 4.79 Å². The molecule has 2 heterocycles. The fraction of sp³-hybridized carbons (Fsp3) is 0.500. The van der Waals surface area contributed by atoms with Crippen LogP contribution in [0, 0.1) is 0 Å². The van der Waals surface area contributed by atoms with Gasteiger partial charge in [0.2, 0.25) is 5.13 Å². The van der Waals surface area contributed by atoms with Gasteiger partial charge in [0.05, 0.1) is 6.10 Å². The Morgan fingerprint density at radius 2 is 2.00 bits per heavy atom. The SMILES string of the molecule is CC(C)OC(=O)N1CCC(Nc2nnc(Cc3ccc(Cl)cc3)s2)CC1. The van der Waals surface area contributed by atoms with Gasteiger partial charge in [0.15, 0.2) is 0 Å². The molecule has 1 saturated heterocycles. The second-order valence-electron chi connectivity index (χ2n) is 6.64. The maximum absolute atomic E-state index is 11.9. The van der Waals surface area contributed by atoms with Crippen molar-refractivity contribution >= 4 is 34.2 Å². The van der Waals surface area contributed by atoms with Gasteiger partial charge in [-0.3, -0.25) is 0 Å². The van der Waals surface area contributed by atoms with Gasteiger partial charge in [-0.15, -0.1) is 10.2 Å². The Morgan fingerprint density at radius 1 is 1.31 bits per heavy atom. The third-order valence-electron chi connectivity index (χ3n) is 4.15. The van der Waals surface area contributed by atoms with E-state index in [2.05, 4.69) is 15.5 Å². The van der Waals surface area contributed by atoms with Crippen LogP contribution in [0.1, 0.15) is 37.3 Å². The van der Waals surface area contributed by atoms with E-state index in [1.807, 2.05) is 38.1 Å². The summed E-state index contributed by atoms with van der Waals surface area (Å²) in [5, 5.41) is 14.5. The van der Waals surface area contributed by atoms with E-state index in [1.54, 1.807) is 16.2 Å². The molecule has 140 valence electrons. The number of halogens is 1. The number of hydrogen-bond donors (Lipinski definition) is 1. The Labute approximate surface area is 162 Å². The molecule has 0 atom stereocenters. The molecular formula is C18H23ClN4O2S. The highest BCUT2D eigenvalue weighted by molar-refractivity contribution is 7.15. The lowest BCUT2D eigenvalue weighted by atomic mass is 10.1. The van der Waals surface area contributed by atoms with Crippen LogP contribution in [0.4, 0.5) is 9.93 Å². The van der Waals surface area contributed by atoms with Crippen LogP contribution < -0.4 is 5.32 Å². The van der Waals surface area contributed by atoms with Crippen molar-refractivity contribution in [3.05, 3.63) is 39.9 Å². The van der Waals surface area contributed by atoms with Gasteiger partial charge in [-0.2, -0.15) is 0 Å². The minimum atomic E-state index is -0.223. The molecule has 8 heteroatoms. The third-order valence-corrected chi connectivity index (χ3v) is 5.26. The average molecular weight is 395 g/mol. The fourth-order valence-corrected chi connectivity index (χ4v) is 3.79. The van der Waals surface area contributed by atoms with Crippen molar-refractivity contribution in [3.63, 3.8) is 0 Å². The molecule has 0 aliphatic carbocycles. The molecule has 3 rings (SSSR count). The van der Waals surface area contributed by atoms with Crippen LogP contribution in [-0.4, -0.2) is 46.4 Å². The first kappa shape index (κ1) is 18.9. The van der Waals surface area contributed by atoms with Crippen molar-refractivity contribution in [3.8, 4) is 0 Å². The van der Waals surface area contributed by atoms with E-state index < -0.39 is 0 Å². The predicted molar refractivity (Wildman–Crippen MR) is 104 cm³/mol. The largest absolute Gasteiger partial charge is 0.447 e. The van der Waals surface area contributed by atoms with Crippen molar-refractivity contribution in [1.29, 1.82) is 0 Å². The number of anilines is 1. The molecule has 2 aromatic rings. The third kappa shape index (κ3) is 5.32. The fourth-order valence-electron chi connectivity index (χ4n) is 2.82. The molecule has 1 aliphatic heterocycles. The highest BCUT2D eigenvalue weighted by atomic mass is 35.5. The molecule has 1 aromatic carbocycles. The van der Waals surface area contributed by atoms with Gasteiger partial charge in [0.1, 0.15) is 5.01 Å². The molecule has 1 fully saturated rings. The van der Waals surface area contributed by atoms with Crippen LogP contribution in [0.3, 0.4) is 0 Å². The van der Waals surface area contributed by atoms with Gasteiger partial charge >= 0.3 is 6.09 Å². The van der Waals surface area contributed by atoms with E-state index in [1.165, 1.54) is 0 Å². The zero-order valence-corrected chi connectivity index (χ0v) is 16.5. The lowest BCUT2D eigenvalue weighted by molar-refractivity contribution is 0.0701. The number of hydrogen-bond acceptors (Lipinski definition) is 6. The van der Waals surface area contributed by atoms with Crippen LogP contribution in [0.15, 0.2) is 24.3 Å². The number of nitrogens with one attached hydrogen (secondary N) is 1. The molecule has 1 aromatic heterocycles. The summed E-state index contributed by atoms with van der Waals surface area (Å²) in [6.07, 6.45) is 2.19. The summed E-state index contributed by atoms with van der Waals surface area (Å²) in [6, 6.07) is 8.07. The summed E-state index contributed by atoms with van der Waals surface area (Å²) in [4.78, 5) is 13.7. The first-order chi connectivity index (χ1) is 12.5. The summed E-state index contributed by atoms with van der Waals surface area (Å²) in [5.41, 5.74) is 1.16. The van der Waals surface area contributed by atoms with Crippen molar-refractivity contribution in [1.82, 2.24) is 15.1 Å². The van der Waals surface area contributed by atoms with Crippen LogP contribution >= 0.6 is 22.9 Å². The number of benzene rings is 1. The number of carbonyl (C=O) groups excluding carboxylic acids is 1. The summed E-state index contributed by atoms with van der Waals surface area (Å²) in [7, 11) is 0. The summed E-state index contributed by atoms with van der Waals surface area (Å²) >= 11 is 7.48. The number of carbonyl (C=O) groups is 1. The highest BCUT2D eigenvalue weighted by Gasteiger charge is 2.24. The molecule has 1 aliphatic rings. The lowest BCUT2D eigenvalue weighted by Crippen LogP contribution is -2.43. The normalized spacial score (nSPS) is 15.3. The topological polar surface area (TPSA) is 67.3 Å². The summed E-state index contributed by atoms with van der Waals surface area (Å²) in [6.45, 7) is 5.12. The Kier molecular flexibility index (Phi) is 6.32. The van der Waals surface area contributed by atoms with E-state index in [0.717, 1.165) is 40.0 Å².